The monoisotopic (exact) mass is 293 g/mol. The van der Waals surface area contributed by atoms with Crippen LogP contribution < -0.4 is 5.32 Å². The van der Waals surface area contributed by atoms with Crippen molar-refractivity contribution in [1.29, 1.82) is 0 Å². The summed E-state index contributed by atoms with van der Waals surface area (Å²) in [6.45, 7) is 5.70. The predicted octanol–water partition coefficient (Wildman–Crippen LogP) is 1.70. The number of rotatable bonds is 2. The summed E-state index contributed by atoms with van der Waals surface area (Å²) in [7, 11) is 0. The van der Waals surface area contributed by atoms with Crippen LogP contribution in [0.3, 0.4) is 0 Å². The van der Waals surface area contributed by atoms with E-state index < -0.39 is 5.82 Å². The maximum Gasteiger partial charge on any atom is 0.317 e. The first-order valence-electron chi connectivity index (χ1n) is 7.07. The Bertz CT molecular complexity index is 525. The first kappa shape index (κ1) is 15.3. The minimum atomic E-state index is -0.421. The molecule has 0 aromatic heterocycles. The van der Waals surface area contributed by atoms with Gasteiger partial charge in [-0.1, -0.05) is 6.07 Å². The van der Waals surface area contributed by atoms with E-state index in [0.29, 0.717) is 31.7 Å². The molecule has 6 heteroatoms. The predicted molar refractivity (Wildman–Crippen MR) is 77.5 cm³/mol. The molecule has 1 heterocycles. The van der Waals surface area contributed by atoms with Crippen LogP contribution >= 0.6 is 0 Å². The topological polar surface area (TPSA) is 52.7 Å². The van der Waals surface area contributed by atoms with Gasteiger partial charge in [-0.15, -0.1) is 0 Å². The molecule has 1 aliphatic heterocycles. The van der Waals surface area contributed by atoms with Crippen molar-refractivity contribution in [2.24, 2.45) is 0 Å². The van der Waals surface area contributed by atoms with E-state index in [9.17, 15) is 14.0 Å². The maximum atomic E-state index is 13.2. The fourth-order valence-corrected chi connectivity index (χ4v) is 2.25. The van der Waals surface area contributed by atoms with Gasteiger partial charge in [0.15, 0.2) is 0 Å². The normalized spacial score (nSPS) is 15.2. The molecule has 5 nitrogen and oxygen atoms in total. The molecule has 0 aliphatic carbocycles. The van der Waals surface area contributed by atoms with Crippen molar-refractivity contribution in [3.05, 3.63) is 35.6 Å². The van der Waals surface area contributed by atoms with E-state index >= 15 is 0 Å². The Labute approximate surface area is 123 Å². The second-order valence-corrected chi connectivity index (χ2v) is 5.39. The number of amides is 3. The highest BCUT2D eigenvalue weighted by molar-refractivity contribution is 5.94. The summed E-state index contributed by atoms with van der Waals surface area (Å²) < 4.78 is 13.2. The highest BCUT2D eigenvalue weighted by atomic mass is 19.1. The van der Waals surface area contributed by atoms with Gasteiger partial charge < -0.3 is 15.1 Å². The zero-order chi connectivity index (χ0) is 15.4. The quantitative estimate of drug-likeness (QED) is 0.902. The molecule has 21 heavy (non-hydrogen) atoms. The summed E-state index contributed by atoms with van der Waals surface area (Å²) in [6, 6.07) is 5.65. The van der Waals surface area contributed by atoms with Crippen LogP contribution in [0.5, 0.6) is 0 Å². The molecule has 1 aromatic carbocycles. The van der Waals surface area contributed by atoms with Crippen molar-refractivity contribution in [1.82, 2.24) is 15.1 Å². The van der Waals surface area contributed by atoms with Crippen LogP contribution in [0, 0.1) is 5.82 Å². The van der Waals surface area contributed by atoms with Crippen LogP contribution in [0.1, 0.15) is 24.2 Å². The fourth-order valence-electron chi connectivity index (χ4n) is 2.25. The Hall–Kier alpha value is -2.11. The molecule has 0 bridgehead atoms. The molecule has 1 N–H and O–H groups in total. The van der Waals surface area contributed by atoms with Gasteiger partial charge in [0.25, 0.3) is 5.91 Å². The van der Waals surface area contributed by atoms with Crippen molar-refractivity contribution < 1.29 is 14.0 Å². The molecular weight excluding hydrogens is 273 g/mol. The first-order valence-corrected chi connectivity index (χ1v) is 7.07. The zero-order valence-corrected chi connectivity index (χ0v) is 12.3. The second-order valence-electron chi connectivity index (χ2n) is 5.39. The fraction of sp³-hybridized carbons (Fsp3) is 0.467. The molecule has 0 saturated carbocycles. The largest absolute Gasteiger partial charge is 0.336 e. The van der Waals surface area contributed by atoms with Gasteiger partial charge in [0.1, 0.15) is 5.82 Å². The third-order valence-corrected chi connectivity index (χ3v) is 3.34. The van der Waals surface area contributed by atoms with E-state index in [1.165, 1.54) is 18.2 Å². The number of halogens is 1. The average Bonchev–Trinajstić information content (AvgIpc) is 2.46. The molecule has 2 rings (SSSR count). The Kier molecular flexibility index (Phi) is 4.77. The van der Waals surface area contributed by atoms with Gasteiger partial charge in [0.2, 0.25) is 0 Å². The van der Waals surface area contributed by atoms with Crippen LogP contribution in [-0.4, -0.2) is 54.0 Å². The Morgan fingerprint density at radius 3 is 2.33 bits per heavy atom. The van der Waals surface area contributed by atoms with Gasteiger partial charge in [-0.25, -0.2) is 9.18 Å². The Morgan fingerprint density at radius 1 is 1.14 bits per heavy atom. The van der Waals surface area contributed by atoms with Crippen molar-refractivity contribution in [2.75, 3.05) is 26.2 Å². The van der Waals surface area contributed by atoms with E-state index in [0.717, 1.165) is 0 Å². The van der Waals surface area contributed by atoms with Crippen molar-refractivity contribution in [3.8, 4) is 0 Å². The minimum absolute atomic E-state index is 0.0875. The van der Waals surface area contributed by atoms with Crippen molar-refractivity contribution >= 4 is 11.9 Å². The third-order valence-electron chi connectivity index (χ3n) is 3.34. The molecule has 1 saturated heterocycles. The minimum Gasteiger partial charge on any atom is -0.336 e. The Morgan fingerprint density at radius 2 is 1.76 bits per heavy atom. The summed E-state index contributed by atoms with van der Waals surface area (Å²) in [5.41, 5.74) is 0.343. The van der Waals surface area contributed by atoms with Gasteiger partial charge in [-0.2, -0.15) is 0 Å². The van der Waals surface area contributed by atoms with E-state index in [4.69, 9.17) is 0 Å². The van der Waals surface area contributed by atoms with E-state index in [1.54, 1.807) is 15.9 Å². The molecule has 1 aliphatic rings. The van der Waals surface area contributed by atoms with Crippen molar-refractivity contribution in [2.45, 2.75) is 19.9 Å². The molecule has 0 spiro atoms. The highest BCUT2D eigenvalue weighted by Crippen LogP contribution is 2.10. The summed E-state index contributed by atoms with van der Waals surface area (Å²) in [6.07, 6.45) is 0. The summed E-state index contributed by atoms with van der Waals surface area (Å²) >= 11 is 0. The number of nitrogens with one attached hydrogen (secondary N) is 1. The maximum absolute atomic E-state index is 13.2. The van der Waals surface area contributed by atoms with Gasteiger partial charge in [-0.05, 0) is 32.0 Å². The highest BCUT2D eigenvalue weighted by Gasteiger charge is 2.25. The Balaban J connectivity index is 1.92. The molecule has 114 valence electrons. The molecule has 3 amide bonds. The third kappa shape index (κ3) is 3.93. The van der Waals surface area contributed by atoms with E-state index in [2.05, 4.69) is 5.32 Å². The summed E-state index contributed by atoms with van der Waals surface area (Å²) in [5.74, 6) is -0.616. The number of nitrogens with zero attached hydrogens (tertiary/aromatic N) is 2. The van der Waals surface area contributed by atoms with Crippen LogP contribution in [0.2, 0.25) is 0 Å². The molecule has 1 fully saturated rings. The number of urea groups is 1. The lowest BCUT2D eigenvalue weighted by Gasteiger charge is -2.35. The summed E-state index contributed by atoms with van der Waals surface area (Å²) in [4.78, 5) is 27.4. The van der Waals surface area contributed by atoms with Gasteiger partial charge >= 0.3 is 6.03 Å². The zero-order valence-electron chi connectivity index (χ0n) is 12.3. The summed E-state index contributed by atoms with van der Waals surface area (Å²) in [5, 5.41) is 2.83. The number of benzene rings is 1. The van der Waals surface area contributed by atoms with Gasteiger partial charge in [0, 0.05) is 37.8 Å². The molecule has 0 radical (unpaired) electrons. The van der Waals surface area contributed by atoms with Gasteiger partial charge in [0.05, 0.1) is 0 Å². The first-order chi connectivity index (χ1) is 9.97. The van der Waals surface area contributed by atoms with Crippen LogP contribution in [-0.2, 0) is 0 Å². The average molecular weight is 293 g/mol. The van der Waals surface area contributed by atoms with Gasteiger partial charge in [-0.3, -0.25) is 4.79 Å². The second kappa shape index (κ2) is 6.56. The lowest BCUT2D eigenvalue weighted by Crippen LogP contribution is -2.54. The van der Waals surface area contributed by atoms with Crippen LogP contribution in [0.25, 0.3) is 0 Å². The molecular formula is C15H20FN3O2. The van der Waals surface area contributed by atoms with E-state index in [-0.39, 0.29) is 18.0 Å². The molecule has 0 atom stereocenters. The number of hydrogen-bond donors (Lipinski definition) is 1. The van der Waals surface area contributed by atoms with E-state index in [1.807, 2.05) is 13.8 Å². The number of piperazine rings is 1. The lowest BCUT2D eigenvalue weighted by molar-refractivity contribution is 0.0663. The number of hydrogen-bond acceptors (Lipinski definition) is 2. The number of carbonyl (C=O) groups excluding carboxylic acids is 2. The lowest BCUT2D eigenvalue weighted by atomic mass is 10.2. The van der Waals surface area contributed by atoms with Crippen LogP contribution in [0.15, 0.2) is 24.3 Å². The standard InChI is InChI=1S/C15H20FN3O2/c1-11(2)17-15(21)19-8-6-18(7-9-19)14(20)12-4-3-5-13(16)10-12/h3-5,10-11H,6-9H2,1-2H3,(H,17,21). The van der Waals surface area contributed by atoms with Crippen molar-refractivity contribution in [3.63, 3.8) is 0 Å². The number of carbonyl (C=O) groups is 2. The molecule has 1 aromatic rings. The SMILES string of the molecule is CC(C)NC(=O)N1CCN(C(=O)c2cccc(F)c2)CC1. The van der Waals surface area contributed by atoms with Crippen LogP contribution in [0.4, 0.5) is 9.18 Å². The molecule has 0 unspecified atom stereocenters. The smallest absolute Gasteiger partial charge is 0.317 e.